The molecule has 0 aliphatic rings. The molecule has 0 radical (unpaired) electrons. The minimum Gasteiger partial charge on any atom is -0.319 e. The number of allylic oxidation sites excluding steroid dienone is 1. The normalized spacial score (nSPS) is 11.5. The number of rotatable bonds is 5. The van der Waals surface area contributed by atoms with E-state index in [9.17, 15) is 0 Å². The molecule has 0 saturated carbocycles. The van der Waals surface area contributed by atoms with Crippen molar-refractivity contribution in [3.05, 3.63) is 48.0 Å². The van der Waals surface area contributed by atoms with E-state index in [1.54, 1.807) is 0 Å². The molecule has 1 aromatic carbocycles. The standard InChI is InChI=1S/C14H19N/c1-4-12-8-6-7-9-14(12)13(5-2)10-11-15-3/h4-9,15H,1,10-11H2,2-3H3/b13-5-. The Hall–Kier alpha value is -1.34. The second-order valence-corrected chi connectivity index (χ2v) is 3.46. The summed E-state index contributed by atoms with van der Waals surface area (Å²) in [7, 11) is 1.98. The first-order chi connectivity index (χ1) is 7.33. The van der Waals surface area contributed by atoms with Gasteiger partial charge in [-0.1, -0.05) is 43.0 Å². The molecule has 0 aliphatic heterocycles. The molecule has 15 heavy (non-hydrogen) atoms. The van der Waals surface area contributed by atoms with Crippen LogP contribution in [0.4, 0.5) is 0 Å². The van der Waals surface area contributed by atoms with Gasteiger partial charge < -0.3 is 5.32 Å². The summed E-state index contributed by atoms with van der Waals surface area (Å²) in [5.74, 6) is 0. The smallest absolute Gasteiger partial charge is 0.00113 e. The lowest BCUT2D eigenvalue weighted by atomic mass is 9.97. The SMILES string of the molecule is C=Cc1ccccc1/C(=C\C)CCNC. The van der Waals surface area contributed by atoms with Gasteiger partial charge in [-0.3, -0.25) is 0 Å². The molecule has 0 spiro atoms. The van der Waals surface area contributed by atoms with Gasteiger partial charge in [0.2, 0.25) is 0 Å². The summed E-state index contributed by atoms with van der Waals surface area (Å²) < 4.78 is 0. The zero-order chi connectivity index (χ0) is 11.1. The van der Waals surface area contributed by atoms with Gasteiger partial charge in [0.1, 0.15) is 0 Å². The maximum Gasteiger partial charge on any atom is -0.00113 e. The number of hydrogen-bond donors (Lipinski definition) is 1. The average Bonchev–Trinajstić information content (AvgIpc) is 2.30. The fourth-order valence-electron chi connectivity index (χ4n) is 1.66. The minimum absolute atomic E-state index is 1.01. The highest BCUT2D eigenvalue weighted by Crippen LogP contribution is 2.22. The summed E-state index contributed by atoms with van der Waals surface area (Å²) in [6, 6.07) is 8.38. The van der Waals surface area contributed by atoms with Gasteiger partial charge in [0.05, 0.1) is 0 Å². The van der Waals surface area contributed by atoms with Crippen LogP contribution in [0.1, 0.15) is 24.5 Å². The Kier molecular flexibility index (Phi) is 4.85. The molecule has 0 bridgehead atoms. The average molecular weight is 201 g/mol. The lowest BCUT2D eigenvalue weighted by molar-refractivity contribution is 0.815. The Balaban J connectivity index is 2.96. The Labute approximate surface area is 92.5 Å². The van der Waals surface area contributed by atoms with Crippen molar-refractivity contribution in [3.8, 4) is 0 Å². The van der Waals surface area contributed by atoms with Crippen molar-refractivity contribution in [3.63, 3.8) is 0 Å². The van der Waals surface area contributed by atoms with Gasteiger partial charge >= 0.3 is 0 Å². The number of benzene rings is 1. The van der Waals surface area contributed by atoms with Gasteiger partial charge in [-0.25, -0.2) is 0 Å². The Morgan fingerprint density at radius 3 is 2.73 bits per heavy atom. The predicted molar refractivity (Wildman–Crippen MR) is 68.7 cm³/mol. The minimum atomic E-state index is 1.01. The maximum atomic E-state index is 3.85. The molecule has 0 heterocycles. The van der Waals surface area contributed by atoms with Crippen molar-refractivity contribution in [2.45, 2.75) is 13.3 Å². The zero-order valence-corrected chi connectivity index (χ0v) is 9.59. The quantitative estimate of drug-likeness (QED) is 0.770. The van der Waals surface area contributed by atoms with Crippen molar-refractivity contribution >= 4 is 11.6 Å². The molecule has 1 aromatic rings. The zero-order valence-electron chi connectivity index (χ0n) is 9.59. The third-order valence-electron chi connectivity index (χ3n) is 2.52. The van der Waals surface area contributed by atoms with Gasteiger partial charge in [0, 0.05) is 0 Å². The van der Waals surface area contributed by atoms with Crippen molar-refractivity contribution in [1.29, 1.82) is 0 Å². The van der Waals surface area contributed by atoms with Crippen LogP contribution in [0.3, 0.4) is 0 Å². The van der Waals surface area contributed by atoms with Gasteiger partial charge in [0.15, 0.2) is 0 Å². The second-order valence-electron chi connectivity index (χ2n) is 3.46. The summed E-state index contributed by atoms with van der Waals surface area (Å²) in [6.07, 6.45) is 5.15. The van der Waals surface area contributed by atoms with Gasteiger partial charge in [-0.05, 0) is 43.6 Å². The lowest BCUT2D eigenvalue weighted by Crippen LogP contribution is -2.08. The summed E-state index contributed by atoms with van der Waals surface area (Å²) in [5, 5.41) is 3.17. The van der Waals surface area contributed by atoms with Crippen LogP contribution in [-0.4, -0.2) is 13.6 Å². The van der Waals surface area contributed by atoms with Gasteiger partial charge in [-0.2, -0.15) is 0 Å². The van der Waals surface area contributed by atoms with Crippen molar-refractivity contribution in [1.82, 2.24) is 5.32 Å². The fraction of sp³-hybridized carbons (Fsp3) is 0.286. The highest BCUT2D eigenvalue weighted by atomic mass is 14.8. The Morgan fingerprint density at radius 2 is 2.13 bits per heavy atom. The monoisotopic (exact) mass is 201 g/mol. The molecular weight excluding hydrogens is 182 g/mol. The van der Waals surface area contributed by atoms with E-state index in [0.29, 0.717) is 0 Å². The van der Waals surface area contributed by atoms with Gasteiger partial charge in [-0.15, -0.1) is 0 Å². The first-order valence-corrected chi connectivity index (χ1v) is 5.35. The van der Waals surface area contributed by atoms with Crippen LogP contribution in [0.15, 0.2) is 36.9 Å². The van der Waals surface area contributed by atoms with Crippen LogP contribution < -0.4 is 5.32 Å². The second kappa shape index (κ2) is 6.20. The molecule has 1 N–H and O–H groups in total. The van der Waals surface area contributed by atoms with Crippen LogP contribution >= 0.6 is 0 Å². The van der Waals surface area contributed by atoms with E-state index in [1.165, 1.54) is 16.7 Å². The molecular formula is C14H19N. The maximum absolute atomic E-state index is 3.85. The molecule has 1 nitrogen and oxygen atoms in total. The molecule has 0 fully saturated rings. The highest BCUT2D eigenvalue weighted by Gasteiger charge is 2.03. The predicted octanol–water partition coefficient (Wildman–Crippen LogP) is 3.34. The van der Waals surface area contributed by atoms with E-state index >= 15 is 0 Å². The molecule has 0 aliphatic carbocycles. The van der Waals surface area contributed by atoms with Crippen LogP contribution in [-0.2, 0) is 0 Å². The van der Waals surface area contributed by atoms with E-state index in [4.69, 9.17) is 0 Å². The Bertz CT molecular complexity index is 350. The molecule has 80 valence electrons. The van der Waals surface area contributed by atoms with Crippen molar-refractivity contribution in [2.75, 3.05) is 13.6 Å². The van der Waals surface area contributed by atoms with E-state index in [1.807, 2.05) is 19.2 Å². The molecule has 0 aromatic heterocycles. The molecule has 0 saturated heterocycles. The molecule has 0 amide bonds. The van der Waals surface area contributed by atoms with Crippen LogP contribution in [0.5, 0.6) is 0 Å². The number of hydrogen-bond acceptors (Lipinski definition) is 1. The molecule has 1 heteroatoms. The van der Waals surface area contributed by atoms with Gasteiger partial charge in [0.25, 0.3) is 0 Å². The fourth-order valence-corrected chi connectivity index (χ4v) is 1.66. The first kappa shape index (κ1) is 11.7. The molecule has 1 rings (SSSR count). The summed E-state index contributed by atoms with van der Waals surface area (Å²) in [4.78, 5) is 0. The van der Waals surface area contributed by atoms with E-state index in [0.717, 1.165) is 13.0 Å². The largest absolute Gasteiger partial charge is 0.319 e. The van der Waals surface area contributed by atoms with Crippen LogP contribution in [0.25, 0.3) is 11.6 Å². The van der Waals surface area contributed by atoms with Crippen LogP contribution in [0, 0.1) is 0 Å². The van der Waals surface area contributed by atoms with E-state index < -0.39 is 0 Å². The van der Waals surface area contributed by atoms with Crippen LogP contribution in [0.2, 0.25) is 0 Å². The first-order valence-electron chi connectivity index (χ1n) is 5.35. The molecule has 0 unspecified atom stereocenters. The Morgan fingerprint density at radius 1 is 1.40 bits per heavy atom. The number of nitrogens with one attached hydrogen (secondary N) is 1. The topological polar surface area (TPSA) is 12.0 Å². The highest BCUT2D eigenvalue weighted by molar-refractivity contribution is 5.73. The summed E-state index contributed by atoms with van der Waals surface area (Å²) in [6.45, 7) is 6.94. The van der Waals surface area contributed by atoms with Crippen molar-refractivity contribution in [2.24, 2.45) is 0 Å². The molecule has 0 atom stereocenters. The lowest BCUT2D eigenvalue weighted by Gasteiger charge is -2.10. The summed E-state index contributed by atoms with van der Waals surface area (Å²) >= 11 is 0. The summed E-state index contributed by atoms with van der Waals surface area (Å²) in [5.41, 5.74) is 3.88. The third kappa shape index (κ3) is 3.07. The van der Waals surface area contributed by atoms with E-state index in [-0.39, 0.29) is 0 Å². The van der Waals surface area contributed by atoms with E-state index in [2.05, 4.69) is 43.1 Å². The van der Waals surface area contributed by atoms with Crippen molar-refractivity contribution < 1.29 is 0 Å². The third-order valence-corrected chi connectivity index (χ3v) is 2.52.